The van der Waals surface area contributed by atoms with E-state index in [1.165, 1.54) is 0 Å². The molecule has 0 spiro atoms. The highest BCUT2D eigenvalue weighted by Gasteiger charge is 2.11. The molecule has 0 aliphatic carbocycles. The molecule has 0 atom stereocenters. The van der Waals surface area contributed by atoms with Gasteiger partial charge in [0.15, 0.2) is 12.0 Å². The van der Waals surface area contributed by atoms with Crippen LogP contribution in [0.4, 0.5) is 0 Å². The summed E-state index contributed by atoms with van der Waals surface area (Å²) < 4.78 is 6.40. The second kappa shape index (κ2) is 3.99. The number of H-pyrrole nitrogens is 1. The maximum absolute atomic E-state index is 10.6. The molecule has 4 nitrogen and oxygen atoms in total. The molecule has 0 saturated carbocycles. The fourth-order valence-electron chi connectivity index (χ4n) is 1.77. The topological polar surface area (TPSA) is 58.9 Å². The molecule has 17 heavy (non-hydrogen) atoms. The Kier molecular flexibility index (Phi) is 2.47. The molecule has 0 bridgehead atoms. The average molecular weight is 338 g/mol. The molecule has 0 aliphatic rings. The van der Waals surface area contributed by atoms with Crippen molar-refractivity contribution < 1.29 is 9.21 Å². The first-order valence-corrected chi connectivity index (χ1v) is 6.05. The third-order valence-electron chi connectivity index (χ3n) is 2.55. The molecule has 84 valence electrons. The first kappa shape index (κ1) is 10.5. The zero-order valence-electron chi connectivity index (χ0n) is 8.61. The molecular formula is C12H7IN2O2. The molecule has 3 rings (SSSR count). The van der Waals surface area contributed by atoms with E-state index in [4.69, 9.17) is 4.42 Å². The fraction of sp³-hybridized carbons (Fsp3) is 0. The van der Waals surface area contributed by atoms with E-state index in [0.717, 1.165) is 20.2 Å². The molecular weight excluding hydrogens is 331 g/mol. The third kappa shape index (κ3) is 1.66. The van der Waals surface area contributed by atoms with Crippen molar-refractivity contribution in [3.63, 3.8) is 0 Å². The minimum Gasteiger partial charge on any atom is -0.453 e. The van der Waals surface area contributed by atoms with Gasteiger partial charge in [-0.05, 0) is 40.8 Å². The van der Waals surface area contributed by atoms with E-state index in [1.807, 2.05) is 18.2 Å². The molecule has 0 saturated heterocycles. The number of nitrogens with zero attached hydrogens (tertiary/aromatic N) is 1. The standard InChI is InChI=1S/C12H7IN2O2/c13-12-9-3-1-2-8(11(9)14-15-12)10-5-4-7(6-16)17-10/h1-6H,(H,14,15). The minimum atomic E-state index is 0.322. The predicted octanol–water partition coefficient (Wildman–Crippen LogP) is 3.24. The summed E-state index contributed by atoms with van der Waals surface area (Å²) in [5.74, 6) is 0.975. The van der Waals surface area contributed by atoms with Gasteiger partial charge in [-0.15, -0.1) is 0 Å². The number of fused-ring (bicyclic) bond motifs is 1. The molecule has 1 aromatic carbocycles. The van der Waals surface area contributed by atoms with Crippen LogP contribution in [0.25, 0.3) is 22.2 Å². The lowest BCUT2D eigenvalue weighted by molar-refractivity contribution is 0.110. The number of hydrogen-bond acceptors (Lipinski definition) is 3. The SMILES string of the molecule is O=Cc1ccc(-c2cccc3c(I)[nH]nc23)o1. The summed E-state index contributed by atoms with van der Waals surface area (Å²) in [5, 5.41) is 8.23. The van der Waals surface area contributed by atoms with Crippen LogP contribution in [0.3, 0.4) is 0 Å². The van der Waals surface area contributed by atoms with Crippen molar-refractivity contribution in [2.24, 2.45) is 0 Å². The molecule has 1 N–H and O–H groups in total. The molecule has 5 heteroatoms. The maximum atomic E-state index is 10.6. The second-order valence-corrected chi connectivity index (χ2v) is 4.64. The Labute approximate surface area is 110 Å². The van der Waals surface area contributed by atoms with Crippen LogP contribution in [0, 0.1) is 3.70 Å². The van der Waals surface area contributed by atoms with Gasteiger partial charge in [-0.2, -0.15) is 5.10 Å². The molecule has 2 aromatic heterocycles. The Bertz CT molecular complexity index is 699. The third-order valence-corrected chi connectivity index (χ3v) is 3.37. The van der Waals surface area contributed by atoms with Crippen LogP contribution in [0.15, 0.2) is 34.7 Å². The summed E-state index contributed by atoms with van der Waals surface area (Å²) in [6.45, 7) is 0. The minimum absolute atomic E-state index is 0.322. The van der Waals surface area contributed by atoms with E-state index in [-0.39, 0.29) is 0 Å². The van der Waals surface area contributed by atoms with Gasteiger partial charge in [0, 0.05) is 10.9 Å². The summed E-state index contributed by atoms with van der Waals surface area (Å²) in [5.41, 5.74) is 1.73. The highest BCUT2D eigenvalue weighted by atomic mass is 127. The zero-order valence-corrected chi connectivity index (χ0v) is 10.8. The number of benzene rings is 1. The van der Waals surface area contributed by atoms with E-state index < -0.39 is 0 Å². The summed E-state index contributed by atoms with van der Waals surface area (Å²) >= 11 is 2.20. The van der Waals surface area contributed by atoms with Crippen molar-refractivity contribution in [2.75, 3.05) is 0 Å². The number of nitrogens with one attached hydrogen (secondary N) is 1. The summed E-state index contributed by atoms with van der Waals surface area (Å²) in [7, 11) is 0. The number of rotatable bonds is 2. The molecule has 0 radical (unpaired) electrons. The van der Waals surface area contributed by atoms with E-state index in [1.54, 1.807) is 12.1 Å². The highest BCUT2D eigenvalue weighted by molar-refractivity contribution is 14.1. The van der Waals surface area contributed by atoms with Gasteiger partial charge in [-0.25, -0.2) is 0 Å². The summed E-state index contributed by atoms with van der Waals surface area (Å²) in [6, 6.07) is 9.29. The van der Waals surface area contributed by atoms with Crippen LogP contribution in [0.5, 0.6) is 0 Å². The number of carbonyl (C=O) groups is 1. The smallest absolute Gasteiger partial charge is 0.185 e. The number of para-hydroxylation sites is 1. The van der Waals surface area contributed by atoms with Crippen molar-refractivity contribution >= 4 is 39.8 Å². The van der Waals surface area contributed by atoms with Gasteiger partial charge in [-0.1, -0.05) is 12.1 Å². The van der Waals surface area contributed by atoms with Crippen molar-refractivity contribution in [3.05, 3.63) is 39.8 Å². The highest BCUT2D eigenvalue weighted by Crippen LogP contribution is 2.30. The Morgan fingerprint density at radius 1 is 1.29 bits per heavy atom. The number of carbonyl (C=O) groups excluding carboxylic acids is 1. The number of hydrogen-bond donors (Lipinski definition) is 1. The second-order valence-electron chi connectivity index (χ2n) is 3.56. The predicted molar refractivity (Wildman–Crippen MR) is 71.9 cm³/mol. The fourth-order valence-corrected chi connectivity index (χ4v) is 2.32. The molecule has 0 amide bonds. The number of furan rings is 1. The number of aldehydes is 1. The maximum Gasteiger partial charge on any atom is 0.185 e. The molecule has 3 aromatic rings. The molecule has 0 fully saturated rings. The van der Waals surface area contributed by atoms with E-state index in [2.05, 4.69) is 32.8 Å². The molecule has 2 heterocycles. The zero-order chi connectivity index (χ0) is 11.8. The lowest BCUT2D eigenvalue weighted by Gasteiger charge is -1.97. The first-order chi connectivity index (χ1) is 8.29. The van der Waals surface area contributed by atoms with Gasteiger partial charge in [0.2, 0.25) is 0 Å². The Hall–Kier alpha value is -1.63. The van der Waals surface area contributed by atoms with Crippen LogP contribution in [0.2, 0.25) is 0 Å². The Morgan fingerprint density at radius 2 is 2.18 bits per heavy atom. The summed E-state index contributed by atoms with van der Waals surface area (Å²) in [4.78, 5) is 10.6. The van der Waals surface area contributed by atoms with Crippen LogP contribution in [-0.2, 0) is 0 Å². The van der Waals surface area contributed by atoms with Crippen molar-refractivity contribution in [1.82, 2.24) is 10.2 Å². The largest absolute Gasteiger partial charge is 0.453 e. The van der Waals surface area contributed by atoms with Gasteiger partial charge >= 0.3 is 0 Å². The number of halogens is 1. The van der Waals surface area contributed by atoms with E-state index >= 15 is 0 Å². The van der Waals surface area contributed by atoms with Gasteiger partial charge < -0.3 is 4.42 Å². The first-order valence-electron chi connectivity index (χ1n) is 4.97. The van der Waals surface area contributed by atoms with Crippen LogP contribution in [0.1, 0.15) is 10.6 Å². The van der Waals surface area contributed by atoms with Gasteiger partial charge in [0.1, 0.15) is 15.0 Å². The summed E-state index contributed by atoms with van der Waals surface area (Å²) in [6.07, 6.45) is 0.692. The van der Waals surface area contributed by atoms with Crippen LogP contribution < -0.4 is 0 Å². The Morgan fingerprint density at radius 3 is 2.94 bits per heavy atom. The number of aromatic amines is 1. The molecule has 0 unspecified atom stereocenters. The van der Waals surface area contributed by atoms with Crippen LogP contribution >= 0.6 is 22.6 Å². The number of aromatic nitrogens is 2. The lowest BCUT2D eigenvalue weighted by Crippen LogP contribution is -1.78. The quantitative estimate of drug-likeness (QED) is 0.576. The van der Waals surface area contributed by atoms with Gasteiger partial charge in [-0.3, -0.25) is 9.89 Å². The molecule has 0 aliphatic heterocycles. The van der Waals surface area contributed by atoms with E-state index in [9.17, 15) is 4.79 Å². The van der Waals surface area contributed by atoms with Crippen molar-refractivity contribution in [2.45, 2.75) is 0 Å². The monoisotopic (exact) mass is 338 g/mol. The van der Waals surface area contributed by atoms with Crippen LogP contribution in [-0.4, -0.2) is 16.5 Å². The normalized spacial score (nSPS) is 10.9. The Balaban J connectivity index is 2.26. The van der Waals surface area contributed by atoms with E-state index in [0.29, 0.717) is 17.8 Å². The average Bonchev–Trinajstić information content (AvgIpc) is 2.96. The van der Waals surface area contributed by atoms with Crippen molar-refractivity contribution in [3.8, 4) is 11.3 Å². The van der Waals surface area contributed by atoms with Gasteiger partial charge in [0.25, 0.3) is 0 Å². The van der Waals surface area contributed by atoms with Crippen molar-refractivity contribution in [1.29, 1.82) is 0 Å². The van der Waals surface area contributed by atoms with Gasteiger partial charge in [0.05, 0.1) is 0 Å². The lowest BCUT2D eigenvalue weighted by atomic mass is 10.1.